The molecule has 126 valence electrons. The van der Waals surface area contributed by atoms with Crippen LogP contribution in [0, 0.1) is 5.92 Å². The first-order valence-electron chi connectivity index (χ1n) is 8.84. The highest BCUT2D eigenvalue weighted by atomic mass is 16.5. The van der Waals surface area contributed by atoms with E-state index < -0.39 is 0 Å². The molecule has 1 aliphatic heterocycles. The Balaban J connectivity index is 1.61. The highest BCUT2D eigenvalue weighted by Gasteiger charge is 2.45. The van der Waals surface area contributed by atoms with E-state index in [4.69, 9.17) is 4.74 Å². The first-order chi connectivity index (χ1) is 11.6. The SMILES string of the molecule is CC1(c2ccc(O)cc2)CCCC1[C@@H]1CCc2cc(O)ccc2O1. The van der Waals surface area contributed by atoms with Crippen LogP contribution < -0.4 is 4.74 Å². The van der Waals surface area contributed by atoms with E-state index in [-0.39, 0.29) is 11.5 Å². The fourth-order valence-electron chi connectivity index (χ4n) is 4.67. The highest BCUT2D eigenvalue weighted by molar-refractivity contribution is 5.41. The van der Waals surface area contributed by atoms with Gasteiger partial charge in [-0.2, -0.15) is 0 Å². The highest BCUT2D eigenvalue weighted by Crippen LogP contribution is 2.49. The summed E-state index contributed by atoms with van der Waals surface area (Å²) in [6.45, 7) is 2.34. The van der Waals surface area contributed by atoms with Gasteiger partial charge in [-0.15, -0.1) is 0 Å². The van der Waals surface area contributed by atoms with Gasteiger partial charge in [0.15, 0.2) is 0 Å². The summed E-state index contributed by atoms with van der Waals surface area (Å²) in [5.74, 6) is 2.03. The maximum absolute atomic E-state index is 9.64. The number of aryl methyl sites for hydroxylation is 1. The Morgan fingerprint density at radius 2 is 1.75 bits per heavy atom. The van der Waals surface area contributed by atoms with Gasteiger partial charge in [-0.1, -0.05) is 25.5 Å². The van der Waals surface area contributed by atoms with E-state index in [0.29, 0.717) is 17.4 Å². The lowest BCUT2D eigenvalue weighted by molar-refractivity contribution is 0.0796. The molecule has 1 aliphatic carbocycles. The zero-order valence-electron chi connectivity index (χ0n) is 14.0. The Hall–Kier alpha value is -2.16. The molecule has 0 bridgehead atoms. The van der Waals surface area contributed by atoms with E-state index in [1.54, 1.807) is 18.2 Å². The molecule has 1 fully saturated rings. The van der Waals surface area contributed by atoms with Gasteiger partial charge < -0.3 is 14.9 Å². The number of benzene rings is 2. The van der Waals surface area contributed by atoms with Crippen LogP contribution in [0.3, 0.4) is 0 Å². The van der Waals surface area contributed by atoms with Gasteiger partial charge in [-0.3, -0.25) is 0 Å². The van der Waals surface area contributed by atoms with Crippen LogP contribution in [-0.4, -0.2) is 16.3 Å². The summed E-state index contributed by atoms with van der Waals surface area (Å²) in [4.78, 5) is 0. The summed E-state index contributed by atoms with van der Waals surface area (Å²) in [5, 5.41) is 19.2. The largest absolute Gasteiger partial charge is 0.508 e. The molecule has 2 aromatic carbocycles. The number of phenols is 2. The predicted octanol–water partition coefficient (Wildman–Crippen LogP) is 4.55. The zero-order valence-corrected chi connectivity index (χ0v) is 14.0. The second-order valence-corrected chi connectivity index (χ2v) is 7.45. The maximum Gasteiger partial charge on any atom is 0.123 e. The van der Waals surface area contributed by atoms with Gasteiger partial charge in [0, 0.05) is 5.92 Å². The first-order valence-corrected chi connectivity index (χ1v) is 8.84. The van der Waals surface area contributed by atoms with Crippen molar-refractivity contribution in [3.05, 3.63) is 53.6 Å². The zero-order chi connectivity index (χ0) is 16.7. The van der Waals surface area contributed by atoms with E-state index in [2.05, 4.69) is 19.1 Å². The Morgan fingerprint density at radius 1 is 1.00 bits per heavy atom. The van der Waals surface area contributed by atoms with Gasteiger partial charge in [-0.25, -0.2) is 0 Å². The lowest BCUT2D eigenvalue weighted by Gasteiger charge is -2.39. The van der Waals surface area contributed by atoms with Crippen LogP contribution in [0.15, 0.2) is 42.5 Å². The molecule has 2 N–H and O–H groups in total. The second-order valence-electron chi connectivity index (χ2n) is 7.45. The third kappa shape index (κ3) is 2.52. The molecule has 0 amide bonds. The molecule has 2 aliphatic rings. The number of rotatable bonds is 2. The molecule has 0 spiro atoms. The molecule has 3 nitrogen and oxygen atoms in total. The second kappa shape index (κ2) is 5.73. The summed E-state index contributed by atoms with van der Waals surface area (Å²) in [5.41, 5.74) is 2.49. The smallest absolute Gasteiger partial charge is 0.123 e. The van der Waals surface area contributed by atoms with E-state index in [1.165, 1.54) is 18.4 Å². The molecule has 0 aromatic heterocycles. The molecule has 3 heteroatoms. The van der Waals surface area contributed by atoms with Gasteiger partial charge in [0.05, 0.1) is 0 Å². The fraction of sp³-hybridized carbons (Fsp3) is 0.429. The minimum absolute atomic E-state index is 0.0901. The van der Waals surface area contributed by atoms with Crippen LogP contribution >= 0.6 is 0 Å². The van der Waals surface area contributed by atoms with Crippen molar-refractivity contribution >= 4 is 0 Å². The Bertz CT molecular complexity index is 737. The topological polar surface area (TPSA) is 49.7 Å². The molecule has 4 rings (SSSR count). The molecule has 3 atom stereocenters. The molecule has 0 saturated heterocycles. The quantitative estimate of drug-likeness (QED) is 0.852. The van der Waals surface area contributed by atoms with Gasteiger partial charge in [0.2, 0.25) is 0 Å². The van der Waals surface area contributed by atoms with Crippen molar-refractivity contribution in [2.24, 2.45) is 5.92 Å². The molecular formula is C21H24O3. The number of ether oxygens (including phenoxy) is 1. The summed E-state index contributed by atoms with van der Waals surface area (Å²) in [7, 11) is 0. The van der Waals surface area contributed by atoms with Crippen molar-refractivity contribution in [2.45, 2.75) is 50.5 Å². The lowest BCUT2D eigenvalue weighted by Crippen LogP contribution is -2.40. The van der Waals surface area contributed by atoms with Crippen molar-refractivity contribution in [3.63, 3.8) is 0 Å². The van der Waals surface area contributed by atoms with Gasteiger partial charge in [0.25, 0.3) is 0 Å². The monoisotopic (exact) mass is 324 g/mol. The number of phenolic OH excluding ortho intramolecular Hbond substituents is 2. The summed E-state index contributed by atoms with van der Waals surface area (Å²) in [6.07, 6.45) is 5.71. The van der Waals surface area contributed by atoms with Gasteiger partial charge in [0.1, 0.15) is 23.4 Å². The number of aromatic hydroxyl groups is 2. The van der Waals surface area contributed by atoms with Crippen LogP contribution in [0.25, 0.3) is 0 Å². The summed E-state index contributed by atoms with van der Waals surface area (Å²) >= 11 is 0. The third-order valence-electron chi connectivity index (χ3n) is 6.03. The Labute approximate surface area is 142 Å². The third-order valence-corrected chi connectivity index (χ3v) is 6.03. The van der Waals surface area contributed by atoms with Crippen molar-refractivity contribution in [2.75, 3.05) is 0 Å². The van der Waals surface area contributed by atoms with Crippen molar-refractivity contribution in [3.8, 4) is 17.2 Å². The fourth-order valence-corrected chi connectivity index (χ4v) is 4.67. The number of fused-ring (bicyclic) bond motifs is 1. The normalized spacial score (nSPS) is 29.0. The molecule has 2 unspecified atom stereocenters. The van der Waals surface area contributed by atoms with Crippen LogP contribution in [0.2, 0.25) is 0 Å². The maximum atomic E-state index is 9.64. The van der Waals surface area contributed by atoms with Gasteiger partial charge in [-0.05, 0) is 72.6 Å². The van der Waals surface area contributed by atoms with Gasteiger partial charge >= 0.3 is 0 Å². The Kier molecular flexibility index (Phi) is 3.67. The van der Waals surface area contributed by atoms with E-state index in [1.807, 2.05) is 12.1 Å². The van der Waals surface area contributed by atoms with E-state index in [9.17, 15) is 10.2 Å². The van der Waals surface area contributed by atoms with Crippen LogP contribution in [0.5, 0.6) is 17.2 Å². The molecule has 1 heterocycles. The number of hydrogen-bond donors (Lipinski definition) is 2. The molecular weight excluding hydrogens is 300 g/mol. The average molecular weight is 324 g/mol. The average Bonchev–Trinajstić information content (AvgIpc) is 2.98. The predicted molar refractivity (Wildman–Crippen MR) is 93.6 cm³/mol. The van der Waals surface area contributed by atoms with Crippen molar-refractivity contribution < 1.29 is 14.9 Å². The molecule has 1 saturated carbocycles. The lowest BCUT2D eigenvalue weighted by atomic mass is 9.70. The molecule has 24 heavy (non-hydrogen) atoms. The van der Waals surface area contributed by atoms with E-state index >= 15 is 0 Å². The minimum atomic E-state index is 0.0901. The Morgan fingerprint density at radius 3 is 2.54 bits per heavy atom. The van der Waals surface area contributed by atoms with Crippen LogP contribution in [-0.2, 0) is 11.8 Å². The number of hydrogen-bond acceptors (Lipinski definition) is 3. The molecule has 0 radical (unpaired) electrons. The summed E-state index contributed by atoms with van der Waals surface area (Å²) < 4.78 is 6.35. The molecule has 2 aromatic rings. The van der Waals surface area contributed by atoms with Crippen LogP contribution in [0.1, 0.15) is 43.7 Å². The van der Waals surface area contributed by atoms with Crippen molar-refractivity contribution in [1.82, 2.24) is 0 Å². The minimum Gasteiger partial charge on any atom is -0.508 e. The standard InChI is InChI=1S/C21H24O3/c1-21(15-5-7-16(22)8-6-15)12-2-3-18(21)20-10-4-14-13-17(23)9-11-19(14)24-20/h5-9,11,13,18,20,22-23H,2-4,10,12H2,1H3/t18?,20-,21?/m0/s1. The first kappa shape index (κ1) is 15.4. The van der Waals surface area contributed by atoms with Crippen LogP contribution in [0.4, 0.5) is 0 Å². The summed E-state index contributed by atoms with van der Waals surface area (Å²) in [6, 6.07) is 13.1. The van der Waals surface area contributed by atoms with Crippen molar-refractivity contribution in [1.29, 1.82) is 0 Å². The van der Waals surface area contributed by atoms with E-state index in [0.717, 1.165) is 30.6 Å².